The lowest BCUT2D eigenvalue weighted by Crippen LogP contribution is -2.48. The van der Waals surface area contributed by atoms with Crippen molar-refractivity contribution >= 4 is 14.1 Å². The van der Waals surface area contributed by atoms with Gasteiger partial charge in [-0.15, -0.1) is 0 Å². The molecule has 0 amide bonds. The number of rotatable bonds is 2. The van der Waals surface area contributed by atoms with Gasteiger partial charge in [0.25, 0.3) is 0 Å². The van der Waals surface area contributed by atoms with E-state index in [9.17, 15) is 4.79 Å². The molecule has 1 aliphatic carbocycles. The Morgan fingerprint density at radius 2 is 1.94 bits per heavy atom. The van der Waals surface area contributed by atoms with Gasteiger partial charge in [-0.3, -0.25) is 4.79 Å². The lowest BCUT2D eigenvalue weighted by Gasteiger charge is -2.40. The Morgan fingerprint density at radius 3 is 2.47 bits per heavy atom. The Labute approximate surface area is 105 Å². The second-order valence-electron chi connectivity index (χ2n) is 6.98. The molecule has 2 aliphatic rings. The quantitative estimate of drug-likeness (QED) is 0.563. The minimum absolute atomic E-state index is 0.0489. The molecule has 0 spiro atoms. The molecule has 1 saturated heterocycles. The van der Waals surface area contributed by atoms with Crippen molar-refractivity contribution in [3.8, 4) is 0 Å². The third kappa shape index (κ3) is 2.35. The SMILES string of the molecule is C[C@@H]1C[C@H](O[Si](C)(C)C(C)(C)C)[C@H]2O[C@H]2C1=O. The molecule has 17 heavy (non-hydrogen) atoms. The van der Waals surface area contributed by atoms with E-state index in [1.54, 1.807) is 0 Å². The van der Waals surface area contributed by atoms with Crippen LogP contribution in [-0.4, -0.2) is 32.4 Å². The molecule has 0 aromatic heterocycles. The summed E-state index contributed by atoms with van der Waals surface area (Å²) < 4.78 is 11.9. The fourth-order valence-electron chi connectivity index (χ4n) is 2.19. The second kappa shape index (κ2) is 3.90. The Hall–Kier alpha value is -0.193. The van der Waals surface area contributed by atoms with Crippen molar-refractivity contribution in [1.29, 1.82) is 0 Å². The lowest BCUT2D eigenvalue weighted by molar-refractivity contribution is -0.125. The lowest BCUT2D eigenvalue weighted by atomic mass is 9.88. The van der Waals surface area contributed by atoms with E-state index in [1.807, 2.05) is 6.92 Å². The maximum atomic E-state index is 11.7. The summed E-state index contributed by atoms with van der Waals surface area (Å²) >= 11 is 0. The van der Waals surface area contributed by atoms with Crippen LogP contribution in [0.1, 0.15) is 34.1 Å². The van der Waals surface area contributed by atoms with Crippen LogP contribution in [0.5, 0.6) is 0 Å². The van der Waals surface area contributed by atoms with Crippen LogP contribution in [0.25, 0.3) is 0 Å². The van der Waals surface area contributed by atoms with Gasteiger partial charge >= 0.3 is 0 Å². The molecule has 0 aromatic carbocycles. The zero-order chi connectivity index (χ0) is 13.0. The number of ether oxygens (including phenoxy) is 1. The number of ketones is 1. The van der Waals surface area contributed by atoms with E-state index in [0.29, 0.717) is 0 Å². The summed E-state index contributed by atoms with van der Waals surface area (Å²) in [6.07, 6.45) is 0.849. The topological polar surface area (TPSA) is 38.8 Å². The summed E-state index contributed by atoms with van der Waals surface area (Å²) in [6.45, 7) is 13.2. The molecular formula is C13H24O3Si. The molecule has 98 valence electrons. The standard InChI is InChI=1S/C13H24O3Si/c1-8-7-9(11-12(15-11)10(8)14)16-17(5,6)13(2,3)4/h8-9,11-12H,7H2,1-6H3/t8-,9+,11-,12+/m1/s1. The first-order valence-electron chi connectivity index (χ1n) is 6.50. The number of epoxide rings is 1. The Kier molecular flexibility index (Phi) is 3.04. The summed E-state index contributed by atoms with van der Waals surface area (Å²) in [7, 11) is -1.75. The Morgan fingerprint density at radius 1 is 1.35 bits per heavy atom. The van der Waals surface area contributed by atoms with E-state index < -0.39 is 8.32 Å². The minimum atomic E-state index is -1.75. The molecule has 1 saturated carbocycles. The van der Waals surface area contributed by atoms with Gasteiger partial charge in [-0.05, 0) is 24.6 Å². The fourth-order valence-corrected chi connectivity index (χ4v) is 3.53. The van der Waals surface area contributed by atoms with E-state index in [4.69, 9.17) is 9.16 Å². The van der Waals surface area contributed by atoms with E-state index >= 15 is 0 Å². The number of carbonyl (C=O) groups excluding carboxylic acids is 1. The van der Waals surface area contributed by atoms with Crippen LogP contribution in [0.2, 0.25) is 18.1 Å². The van der Waals surface area contributed by atoms with Gasteiger partial charge in [0.05, 0.1) is 6.10 Å². The molecule has 0 unspecified atom stereocenters. The predicted molar refractivity (Wildman–Crippen MR) is 69.5 cm³/mol. The first-order valence-corrected chi connectivity index (χ1v) is 9.41. The molecular weight excluding hydrogens is 232 g/mol. The van der Waals surface area contributed by atoms with E-state index in [1.165, 1.54) is 0 Å². The Bertz CT molecular complexity index is 328. The number of carbonyl (C=O) groups is 1. The minimum Gasteiger partial charge on any atom is -0.411 e. The number of Topliss-reactive ketones (excluding diaryl/α,β-unsaturated/α-hetero) is 1. The highest BCUT2D eigenvalue weighted by atomic mass is 28.4. The molecule has 2 rings (SSSR count). The monoisotopic (exact) mass is 256 g/mol. The zero-order valence-corrected chi connectivity index (χ0v) is 12.7. The predicted octanol–water partition coefficient (Wildman–Crippen LogP) is 2.75. The molecule has 0 N–H and O–H groups in total. The van der Waals surface area contributed by atoms with Crippen molar-refractivity contribution < 1.29 is 14.0 Å². The average Bonchev–Trinajstić information content (AvgIpc) is 2.91. The van der Waals surface area contributed by atoms with Crippen LogP contribution in [-0.2, 0) is 14.0 Å². The van der Waals surface area contributed by atoms with Crippen molar-refractivity contribution in [3.05, 3.63) is 0 Å². The van der Waals surface area contributed by atoms with Gasteiger partial charge < -0.3 is 9.16 Å². The van der Waals surface area contributed by atoms with Gasteiger partial charge in [0.2, 0.25) is 0 Å². The molecule has 3 nitrogen and oxygen atoms in total. The smallest absolute Gasteiger partial charge is 0.192 e. The summed E-state index contributed by atoms with van der Waals surface area (Å²) in [5, 5.41) is 0.210. The van der Waals surface area contributed by atoms with Gasteiger partial charge in [-0.1, -0.05) is 27.7 Å². The van der Waals surface area contributed by atoms with Crippen LogP contribution in [0, 0.1) is 5.92 Å². The maximum absolute atomic E-state index is 11.7. The summed E-state index contributed by atoms with van der Waals surface area (Å²) in [5.74, 6) is 0.360. The number of hydrogen-bond donors (Lipinski definition) is 0. The van der Waals surface area contributed by atoms with Crippen molar-refractivity contribution in [1.82, 2.24) is 0 Å². The highest BCUT2D eigenvalue weighted by Gasteiger charge is 2.57. The number of fused-ring (bicyclic) bond motifs is 1. The van der Waals surface area contributed by atoms with Crippen LogP contribution in [0.3, 0.4) is 0 Å². The summed E-state index contributed by atoms with van der Waals surface area (Å²) in [4.78, 5) is 11.7. The average molecular weight is 256 g/mol. The molecule has 4 heteroatoms. The third-order valence-corrected chi connectivity index (χ3v) is 9.00. The first kappa shape index (κ1) is 13.2. The maximum Gasteiger partial charge on any atom is 0.192 e. The fraction of sp³-hybridized carbons (Fsp3) is 0.923. The molecule has 0 radical (unpaired) electrons. The highest BCUT2D eigenvalue weighted by Crippen LogP contribution is 2.44. The molecule has 0 aromatic rings. The van der Waals surface area contributed by atoms with Crippen LogP contribution in [0.4, 0.5) is 0 Å². The van der Waals surface area contributed by atoms with Gasteiger partial charge in [0.15, 0.2) is 14.1 Å². The Balaban J connectivity index is 2.04. The van der Waals surface area contributed by atoms with Crippen molar-refractivity contribution in [2.75, 3.05) is 0 Å². The van der Waals surface area contributed by atoms with E-state index in [-0.39, 0.29) is 35.1 Å². The molecule has 0 bridgehead atoms. The van der Waals surface area contributed by atoms with Gasteiger partial charge in [-0.25, -0.2) is 0 Å². The second-order valence-corrected chi connectivity index (χ2v) is 11.7. The van der Waals surface area contributed by atoms with Crippen LogP contribution in [0.15, 0.2) is 0 Å². The molecule has 4 atom stereocenters. The van der Waals surface area contributed by atoms with E-state index in [0.717, 1.165) is 6.42 Å². The highest BCUT2D eigenvalue weighted by molar-refractivity contribution is 6.74. The summed E-state index contributed by atoms with van der Waals surface area (Å²) in [5.41, 5.74) is 0. The van der Waals surface area contributed by atoms with Crippen LogP contribution >= 0.6 is 0 Å². The molecule has 1 aliphatic heterocycles. The van der Waals surface area contributed by atoms with Gasteiger partial charge in [-0.2, -0.15) is 0 Å². The van der Waals surface area contributed by atoms with E-state index in [2.05, 4.69) is 33.9 Å². The molecule has 1 heterocycles. The van der Waals surface area contributed by atoms with Crippen LogP contribution < -0.4 is 0 Å². The molecule has 2 fully saturated rings. The van der Waals surface area contributed by atoms with Gasteiger partial charge in [0, 0.05) is 5.92 Å². The third-order valence-electron chi connectivity index (χ3n) is 4.50. The van der Waals surface area contributed by atoms with Crippen molar-refractivity contribution in [2.24, 2.45) is 5.92 Å². The number of hydrogen-bond acceptors (Lipinski definition) is 3. The zero-order valence-electron chi connectivity index (χ0n) is 11.7. The van der Waals surface area contributed by atoms with Crippen molar-refractivity contribution in [3.63, 3.8) is 0 Å². The first-order chi connectivity index (χ1) is 7.63. The van der Waals surface area contributed by atoms with Crippen molar-refractivity contribution in [2.45, 2.75) is 70.6 Å². The normalized spacial score (nSPS) is 37.9. The van der Waals surface area contributed by atoms with Gasteiger partial charge in [0.1, 0.15) is 12.2 Å². The largest absolute Gasteiger partial charge is 0.411 e. The summed E-state index contributed by atoms with van der Waals surface area (Å²) in [6, 6.07) is 0.